The van der Waals surface area contributed by atoms with E-state index in [1.165, 1.54) is 74.1 Å². The van der Waals surface area contributed by atoms with Crippen molar-refractivity contribution in [3.8, 4) is 0 Å². The predicted octanol–water partition coefficient (Wildman–Crippen LogP) is -1.36. The molecule has 0 saturated carbocycles. The summed E-state index contributed by atoms with van der Waals surface area (Å²) in [6.45, 7) is 11.9. The van der Waals surface area contributed by atoms with Gasteiger partial charge in [-0.1, -0.05) is 86.1 Å². The maximum absolute atomic E-state index is 12.0. The zero-order valence-electron chi connectivity index (χ0n) is 61.4. The second kappa shape index (κ2) is 52.4. The summed E-state index contributed by atoms with van der Waals surface area (Å²) in [5.74, 6) is -18.4. The standard InChI is InChI=1S/C11H12O6S.C10H13NO5S.C10H13NO3S.C10H10O3.C9H8N2O8S.C3H5NO6S.2C3H6O4S.C2H6.Na/c1-7-3-5-8(6-4-7)18(15,16)9(10(12)13)11(14)17-2;1-7(11-14)8-2-4-9(5-3-8)17(15,16)6-10(12)13;1-7(11-14)8-2-4-9(5-3-8)15-6-10(12)13;1-7(11)9(10(12)13)8-5-3-2-4-6-8;1-5-2-6(10(14)15)9(7(3-5)11(16)17)20(18,19)4-8(12)13;1-11(9,10)2(3(5)6)4(7)8;2*1-8(6,7)2-3(4)5;1-2;/h3-6,9H,1-2H3,(H,12,13);2-5,7,11,14H,6H2,1H3,(H,12,13);2-5,7,11,14H,6H2,1H3,(H,12,13);2-6,9H,1H3,(H,12,13);2-3H,4H2,1H3,(H,12,13);2H,1H3,(H,5,6);2*2H2,1H3,(H,4,5);1-2H3;/q;;;;;;;;;+1/p-1. The van der Waals surface area contributed by atoms with E-state index < -0.39 is 183 Å². The monoisotopic (exact) mass is 1750 g/mol. The number of thioether (sulfide) groups is 1. The number of carbonyl (C=O) groups excluding carboxylic acids is 3. The van der Waals surface area contributed by atoms with Crippen LogP contribution in [0.4, 0.5) is 11.4 Å². The van der Waals surface area contributed by atoms with Crippen molar-refractivity contribution in [3.05, 3.63) is 173 Å². The number of hydroxylamine groups is 2. The molecule has 5 atom stereocenters. The molecule has 0 bridgehead atoms. The number of carboxylic acid groups (broad SMARTS) is 8. The van der Waals surface area contributed by atoms with Gasteiger partial charge in [0.1, 0.15) is 17.5 Å². The van der Waals surface area contributed by atoms with E-state index >= 15 is 0 Å². The molecule has 113 heavy (non-hydrogen) atoms. The molecule has 0 spiro atoms. The van der Waals surface area contributed by atoms with E-state index in [1.54, 1.807) is 44.2 Å². The van der Waals surface area contributed by atoms with E-state index in [-0.39, 0.29) is 68.5 Å². The van der Waals surface area contributed by atoms with Crippen molar-refractivity contribution in [3.63, 3.8) is 0 Å². The molecule has 0 radical (unpaired) electrons. The van der Waals surface area contributed by atoms with E-state index in [0.29, 0.717) is 17.4 Å². The smallest absolute Gasteiger partial charge is 0.549 e. The molecular formula is C61H78N5NaO39S7. The Bertz CT molecular complexity index is 4720. The van der Waals surface area contributed by atoms with Gasteiger partial charge >= 0.3 is 82.7 Å². The van der Waals surface area contributed by atoms with Crippen LogP contribution in [-0.4, -0.2) is 236 Å². The van der Waals surface area contributed by atoms with Crippen LogP contribution in [0.15, 0.2) is 135 Å². The van der Waals surface area contributed by atoms with Crippen molar-refractivity contribution >= 4 is 142 Å². The molecule has 624 valence electrons. The van der Waals surface area contributed by atoms with Gasteiger partial charge in [-0.2, -0.15) is 11.0 Å². The SMILES string of the molecule is CC.CC(=O)C(C(=O)O)c1ccccc1.CC(NO)c1ccc(S(=O)(=O)CC(=O)O)cc1.CC(NO)c1ccc(SCC(=O)O)cc1.COC(=O)C(C(=O)O)S(=O)(=O)c1ccc(C)cc1.CS(=O)(=O)C(C(=O)O)[N+](=O)[O-].CS(=O)(=O)CC(=O)O.CS(=O)(=O)CC(=O)[O-].Cc1cc([N+](=O)[O-])c(S(=O)(=O)CC(=O)O)c([N+](=O)[O-])c1.[Na+]. The van der Waals surface area contributed by atoms with Gasteiger partial charge in [-0.25, -0.2) is 55.3 Å². The number of aliphatic carboxylic acids is 8. The van der Waals surface area contributed by atoms with Crippen molar-refractivity contribution < 1.29 is 199 Å². The molecule has 5 aromatic rings. The van der Waals surface area contributed by atoms with Crippen LogP contribution in [-0.2, 0) is 112 Å². The van der Waals surface area contributed by atoms with Crippen LogP contribution in [0.2, 0.25) is 0 Å². The number of ether oxygens (including phenoxy) is 1. The number of nitro benzene ring substituents is 2. The number of nitrogens with zero attached hydrogens (tertiary/aromatic N) is 3. The van der Waals surface area contributed by atoms with Crippen LogP contribution in [0.3, 0.4) is 0 Å². The summed E-state index contributed by atoms with van der Waals surface area (Å²) in [5.41, 5.74) is 5.26. The normalized spacial score (nSPS) is 12.0. The van der Waals surface area contributed by atoms with Gasteiger partial charge in [0.15, 0.2) is 41.0 Å². The van der Waals surface area contributed by atoms with E-state index in [9.17, 15) is 134 Å². The Balaban J connectivity index is -0.000000398. The van der Waals surface area contributed by atoms with Gasteiger partial charge in [-0.15, -0.1) is 11.8 Å². The summed E-state index contributed by atoms with van der Waals surface area (Å²) in [5, 5.41) is 113. The predicted molar refractivity (Wildman–Crippen MR) is 388 cm³/mol. The third-order valence-electron chi connectivity index (χ3n) is 12.1. The maximum Gasteiger partial charge on any atom is 1.00 e. The van der Waals surface area contributed by atoms with Gasteiger partial charge in [0.25, 0.3) is 16.6 Å². The first-order chi connectivity index (χ1) is 51.1. The number of rotatable bonds is 29. The molecule has 0 heterocycles. The number of ketones is 1. The number of hydrogen-bond acceptors (Lipinski definition) is 35. The minimum Gasteiger partial charge on any atom is -0.549 e. The van der Waals surface area contributed by atoms with Gasteiger partial charge in [-0.3, -0.25) is 68.7 Å². The van der Waals surface area contributed by atoms with Crippen LogP contribution >= 0.6 is 11.8 Å². The largest absolute Gasteiger partial charge is 1.00 e. The molecule has 0 aliphatic heterocycles. The number of methoxy groups -OCH3 is 1. The Labute approximate surface area is 671 Å². The molecule has 0 aliphatic rings. The average Bonchev–Trinajstić information content (AvgIpc) is 0.772. The molecule has 11 N–H and O–H groups in total. The van der Waals surface area contributed by atoms with E-state index in [1.807, 2.05) is 50.5 Å². The number of sulfone groups is 6. The number of benzene rings is 5. The van der Waals surface area contributed by atoms with Crippen LogP contribution < -0.4 is 45.6 Å². The zero-order valence-corrected chi connectivity index (χ0v) is 69.1. The molecule has 44 nitrogen and oxygen atoms in total. The quantitative estimate of drug-likeness (QED) is 0.00658. The first kappa shape index (κ1) is 112. The Hall–Kier alpha value is -9.91. The average molecular weight is 1750 g/mol. The van der Waals surface area contributed by atoms with Crippen LogP contribution in [0.5, 0.6) is 0 Å². The fourth-order valence-electron chi connectivity index (χ4n) is 7.31. The summed E-state index contributed by atoms with van der Waals surface area (Å²) in [6.07, 6.45) is 2.21. The number of nitro groups is 3. The second-order valence-electron chi connectivity index (χ2n) is 21.6. The number of nitrogens with one attached hydrogen (secondary N) is 2. The summed E-state index contributed by atoms with van der Waals surface area (Å²) in [4.78, 5) is 132. The number of carbonyl (C=O) groups is 10. The molecule has 0 aliphatic carbocycles. The number of Topliss-reactive ketones (excluding diaryl/α,β-unsaturated/α-hetero) is 1. The number of esters is 1. The topological polar surface area (TPSA) is 743 Å². The third kappa shape index (κ3) is 46.0. The van der Waals surface area contributed by atoms with Gasteiger partial charge in [-0.05, 0) is 93.3 Å². The van der Waals surface area contributed by atoms with Crippen molar-refractivity contribution in [2.24, 2.45) is 0 Å². The van der Waals surface area contributed by atoms with E-state index in [0.717, 1.165) is 47.8 Å². The van der Waals surface area contributed by atoms with Crippen molar-refractivity contribution in [2.45, 2.75) is 96.7 Å². The molecular weight excluding hydrogens is 1670 g/mol. The minimum atomic E-state index is -4.71. The number of carboxylic acids is 8. The van der Waals surface area contributed by atoms with Gasteiger partial charge < -0.3 is 60.8 Å². The third-order valence-corrected chi connectivity index (χ3v) is 21.0. The van der Waals surface area contributed by atoms with Crippen molar-refractivity contribution in [1.82, 2.24) is 11.0 Å². The Morgan fingerprint density at radius 3 is 1.15 bits per heavy atom. The van der Waals surface area contributed by atoms with E-state index in [2.05, 4.69) is 10.2 Å². The minimum absolute atomic E-state index is 0. The zero-order chi connectivity index (χ0) is 88.5. The molecule has 5 aromatic carbocycles. The molecule has 0 amide bonds. The van der Waals surface area contributed by atoms with E-state index in [4.69, 9.17) is 46.2 Å². The Morgan fingerprint density at radius 2 is 0.885 bits per heavy atom. The molecule has 0 aromatic heterocycles. The van der Waals surface area contributed by atoms with Crippen LogP contribution in [0.25, 0.3) is 0 Å². The summed E-state index contributed by atoms with van der Waals surface area (Å²) >= 11 is 1.27. The summed E-state index contributed by atoms with van der Waals surface area (Å²) < 4.78 is 136. The van der Waals surface area contributed by atoms with Gasteiger partial charge in [0, 0.05) is 35.8 Å². The molecule has 5 rings (SSSR count). The Morgan fingerprint density at radius 1 is 0.504 bits per heavy atom. The molecule has 5 unspecified atom stereocenters. The van der Waals surface area contributed by atoms with Gasteiger partial charge in [0.05, 0.1) is 61.2 Å². The number of aryl methyl sites for hydroxylation is 2. The molecule has 0 saturated heterocycles. The van der Waals surface area contributed by atoms with Gasteiger partial charge in [0.2, 0.25) is 34.4 Å². The number of hydrogen-bond donors (Lipinski definition) is 11. The summed E-state index contributed by atoms with van der Waals surface area (Å²) in [7, 11) is -22.7. The fraction of sp³-hybridized carbons (Fsp3) is 0.344. The van der Waals surface area contributed by atoms with Crippen LogP contribution in [0.1, 0.15) is 80.4 Å². The maximum atomic E-state index is 12.0. The Kier molecular flexibility index (Phi) is 51.8. The first-order valence-corrected chi connectivity index (χ1v) is 41.9. The van der Waals surface area contributed by atoms with Crippen LogP contribution in [0, 0.1) is 44.2 Å². The van der Waals surface area contributed by atoms with Crippen molar-refractivity contribution in [1.29, 1.82) is 0 Å². The second-order valence-corrected chi connectivity index (χ2v) is 35.0. The first-order valence-electron chi connectivity index (χ1n) is 30.0. The summed E-state index contributed by atoms with van der Waals surface area (Å²) in [6, 6.07) is 28.3. The molecule has 52 heteroatoms. The molecule has 0 fully saturated rings. The fourth-order valence-corrected chi connectivity index (χ4v) is 13.3. The van der Waals surface area contributed by atoms with Crippen molar-refractivity contribution in [2.75, 3.05) is 54.6 Å².